The van der Waals surface area contributed by atoms with Gasteiger partial charge in [-0.25, -0.2) is 13.6 Å². The molecule has 1 fully saturated rings. The molecule has 8 heteroatoms. The first-order chi connectivity index (χ1) is 17.9. The van der Waals surface area contributed by atoms with Gasteiger partial charge in [0.05, 0.1) is 18.3 Å². The maximum atomic E-state index is 14.0. The number of carbonyl (C=O) groups is 1. The topological polar surface area (TPSA) is 59.0 Å². The lowest BCUT2D eigenvalue weighted by atomic mass is 10.1. The largest absolute Gasteiger partial charge is 0.487 e. The highest BCUT2D eigenvalue weighted by Gasteiger charge is 2.26. The van der Waals surface area contributed by atoms with E-state index in [0.717, 1.165) is 54.6 Å². The Bertz CT molecular complexity index is 1290. The van der Waals surface area contributed by atoms with Crippen molar-refractivity contribution in [1.82, 2.24) is 0 Å². The Labute approximate surface area is 218 Å². The van der Waals surface area contributed by atoms with E-state index >= 15 is 0 Å². The number of aryl methyl sites for hydroxylation is 2. The van der Waals surface area contributed by atoms with Crippen LogP contribution < -0.4 is 9.04 Å². The Morgan fingerprint density at radius 3 is 2.43 bits per heavy atom. The van der Waals surface area contributed by atoms with Crippen LogP contribution in [0.2, 0.25) is 0 Å². The molecule has 1 heterocycles. The van der Waals surface area contributed by atoms with Gasteiger partial charge in [-0.05, 0) is 90.2 Å². The molecular formula is C29H27F2NO4S. The molecule has 192 valence electrons. The van der Waals surface area contributed by atoms with E-state index in [0.29, 0.717) is 30.4 Å². The molecule has 0 spiro atoms. The van der Waals surface area contributed by atoms with Gasteiger partial charge in [0, 0.05) is 23.6 Å². The van der Waals surface area contributed by atoms with E-state index in [1.807, 2.05) is 28.6 Å². The van der Waals surface area contributed by atoms with Gasteiger partial charge in [0.1, 0.15) is 24.0 Å². The van der Waals surface area contributed by atoms with E-state index in [9.17, 15) is 13.6 Å². The standard InChI is InChI=1S/C29H27F2NO4S/c30-23-14-24(31)16-26(15-23)37-32(17-25-10-11-35-25)27-12-21-2-1-3-22(21)13-28(27)36-18-20-6-4-19(5-7-20)8-9-29(33)34/h4-9,12-16,25H,1-3,10-11,17-18H2,(H,33,34)/b9-8+. The van der Waals surface area contributed by atoms with Crippen LogP contribution in [0.15, 0.2) is 65.6 Å². The van der Waals surface area contributed by atoms with E-state index < -0.39 is 17.6 Å². The van der Waals surface area contributed by atoms with Gasteiger partial charge in [-0.2, -0.15) is 0 Å². The monoisotopic (exact) mass is 523 g/mol. The molecule has 1 atom stereocenters. The van der Waals surface area contributed by atoms with Gasteiger partial charge >= 0.3 is 5.97 Å². The maximum Gasteiger partial charge on any atom is 0.328 e. The van der Waals surface area contributed by atoms with Crippen LogP contribution in [0.3, 0.4) is 0 Å². The van der Waals surface area contributed by atoms with Gasteiger partial charge in [-0.15, -0.1) is 0 Å². The second kappa shape index (κ2) is 11.4. The van der Waals surface area contributed by atoms with Crippen LogP contribution in [-0.2, 0) is 29.0 Å². The van der Waals surface area contributed by atoms with Gasteiger partial charge < -0.3 is 18.9 Å². The second-order valence-corrected chi connectivity index (χ2v) is 10.3. The van der Waals surface area contributed by atoms with Crippen LogP contribution in [0.5, 0.6) is 5.75 Å². The fourth-order valence-electron chi connectivity index (χ4n) is 4.46. The third-order valence-corrected chi connectivity index (χ3v) is 7.46. The molecule has 1 aliphatic carbocycles. The van der Waals surface area contributed by atoms with E-state index in [1.165, 1.54) is 35.2 Å². The molecule has 0 amide bonds. The SMILES string of the molecule is O=C(O)/C=C/c1ccc(COc2cc3c(cc2N(CC2CCO2)Sc2cc(F)cc(F)c2)CCC3)cc1. The highest BCUT2D eigenvalue weighted by Crippen LogP contribution is 2.41. The molecule has 3 aromatic carbocycles. The maximum absolute atomic E-state index is 14.0. The molecular weight excluding hydrogens is 496 g/mol. The van der Waals surface area contributed by atoms with Crippen molar-refractivity contribution in [3.63, 3.8) is 0 Å². The van der Waals surface area contributed by atoms with Crippen molar-refractivity contribution < 1.29 is 28.2 Å². The summed E-state index contributed by atoms with van der Waals surface area (Å²) in [6.45, 7) is 1.59. The zero-order chi connectivity index (χ0) is 25.8. The Balaban J connectivity index is 1.41. The number of ether oxygens (including phenoxy) is 2. The van der Waals surface area contributed by atoms with Crippen molar-refractivity contribution in [1.29, 1.82) is 0 Å². The third kappa shape index (κ3) is 6.50. The lowest BCUT2D eigenvalue weighted by Gasteiger charge is -2.34. The molecule has 1 aliphatic heterocycles. The van der Waals surface area contributed by atoms with Crippen LogP contribution in [0.25, 0.3) is 6.08 Å². The predicted octanol–water partition coefficient (Wildman–Crippen LogP) is 6.43. The fourth-order valence-corrected chi connectivity index (χ4v) is 5.53. The molecule has 0 bridgehead atoms. The minimum atomic E-state index is -0.993. The summed E-state index contributed by atoms with van der Waals surface area (Å²) < 4.78 is 41.9. The highest BCUT2D eigenvalue weighted by atomic mass is 32.2. The van der Waals surface area contributed by atoms with Crippen molar-refractivity contribution in [3.8, 4) is 5.75 Å². The second-order valence-electron chi connectivity index (χ2n) is 9.18. The lowest BCUT2D eigenvalue weighted by molar-refractivity contribution is -0.131. The van der Waals surface area contributed by atoms with Gasteiger partial charge in [-0.3, -0.25) is 0 Å². The van der Waals surface area contributed by atoms with Crippen molar-refractivity contribution in [3.05, 3.63) is 94.6 Å². The Morgan fingerprint density at radius 2 is 1.78 bits per heavy atom. The Morgan fingerprint density at radius 1 is 1.08 bits per heavy atom. The first-order valence-corrected chi connectivity index (χ1v) is 13.0. The van der Waals surface area contributed by atoms with Gasteiger partial charge in [0.25, 0.3) is 0 Å². The molecule has 2 aliphatic rings. The van der Waals surface area contributed by atoms with Gasteiger partial charge in [0.15, 0.2) is 0 Å². The highest BCUT2D eigenvalue weighted by molar-refractivity contribution is 8.00. The van der Waals surface area contributed by atoms with Crippen molar-refractivity contribution >= 4 is 29.7 Å². The molecule has 0 saturated carbocycles. The van der Waals surface area contributed by atoms with Crippen molar-refractivity contribution in [2.45, 2.75) is 43.3 Å². The third-order valence-electron chi connectivity index (χ3n) is 6.45. The average molecular weight is 524 g/mol. The molecule has 0 radical (unpaired) electrons. The van der Waals surface area contributed by atoms with Gasteiger partial charge in [-0.1, -0.05) is 24.3 Å². The van der Waals surface area contributed by atoms with Gasteiger partial charge in [0.2, 0.25) is 0 Å². The number of halogens is 2. The molecule has 37 heavy (non-hydrogen) atoms. The first kappa shape index (κ1) is 25.3. The van der Waals surface area contributed by atoms with Crippen LogP contribution in [-0.4, -0.2) is 30.3 Å². The van der Waals surface area contributed by atoms with Crippen LogP contribution in [0.1, 0.15) is 35.1 Å². The minimum absolute atomic E-state index is 0.0402. The van der Waals surface area contributed by atoms with E-state index in [-0.39, 0.29) is 6.10 Å². The summed E-state index contributed by atoms with van der Waals surface area (Å²) in [6.07, 6.45) is 6.67. The zero-order valence-electron chi connectivity index (χ0n) is 20.2. The van der Waals surface area contributed by atoms with E-state index in [4.69, 9.17) is 14.6 Å². The fraction of sp³-hybridized carbons (Fsp3) is 0.276. The van der Waals surface area contributed by atoms with Crippen molar-refractivity contribution in [2.75, 3.05) is 17.5 Å². The number of hydrogen-bond acceptors (Lipinski definition) is 5. The van der Waals surface area contributed by atoms with Crippen LogP contribution in [0.4, 0.5) is 14.5 Å². The number of fused-ring (bicyclic) bond motifs is 1. The Kier molecular flexibility index (Phi) is 7.76. The molecule has 1 unspecified atom stereocenters. The smallest absolute Gasteiger partial charge is 0.328 e. The molecule has 1 saturated heterocycles. The molecule has 3 aromatic rings. The quantitative estimate of drug-likeness (QED) is 0.244. The van der Waals surface area contributed by atoms with Crippen LogP contribution in [0, 0.1) is 11.6 Å². The minimum Gasteiger partial charge on any atom is -0.487 e. The summed E-state index contributed by atoms with van der Waals surface area (Å²) in [7, 11) is 0. The lowest BCUT2D eigenvalue weighted by Crippen LogP contribution is -2.37. The average Bonchev–Trinajstić information content (AvgIpc) is 3.30. The molecule has 5 rings (SSSR count). The number of anilines is 1. The normalized spacial score (nSPS) is 16.4. The number of benzene rings is 3. The molecule has 5 nitrogen and oxygen atoms in total. The summed E-state index contributed by atoms with van der Waals surface area (Å²) in [6, 6.07) is 15.2. The summed E-state index contributed by atoms with van der Waals surface area (Å²) in [5, 5.41) is 8.81. The number of aliphatic carboxylic acids is 1. The predicted molar refractivity (Wildman–Crippen MR) is 140 cm³/mol. The molecule has 1 N–H and O–H groups in total. The number of hydrogen-bond donors (Lipinski definition) is 1. The molecule has 0 aromatic heterocycles. The number of carboxylic acid groups (broad SMARTS) is 1. The first-order valence-electron chi connectivity index (χ1n) is 12.2. The number of nitrogens with zero attached hydrogens (tertiary/aromatic N) is 1. The van der Waals surface area contributed by atoms with Crippen LogP contribution >= 0.6 is 11.9 Å². The summed E-state index contributed by atoms with van der Waals surface area (Å²) >= 11 is 1.28. The van der Waals surface area contributed by atoms with Crippen molar-refractivity contribution in [2.24, 2.45) is 0 Å². The summed E-state index contributed by atoms with van der Waals surface area (Å²) in [5.74, 6) is -1.52. The van der Waals surface area contributed by atoms with E-state index in [1.54, 1.807) is 6.08 Å². The Hall–Kier alpha value is -3.36. The number of carboxylic acids is 1. The zero-order valence-corrected chi connectivity index (χ0v) is 21.0. The summed E-state index contributed by atoms with van der Waals surface area (Å²) in [5.41, 5.74) is 5.10. The number of rotatable bonds is 10. The summed E-state index contributed by atoms with van der Waals surface area (Å²) in [4.78, 5) is 11.2. The van der Waals surface area contributed by atoms with E-state index in [2.05, 4.69) is 12.1 Å².